The third-order valence-electron chi connectivity index (χ3n) is 1.26. The number of ether oxygens (including phenoxy) is 1. The summed E-state index contributed by atoms with van der Waals surface area (Å²) in [5.41, 5.74) is 10.3. The van der Waals surface area contributed by atoms with Gasteiger partial charge in [0, 0.05) is 6.61 Å². The van der Waals surface area contributed by atoms with E-state index in [1.165, 1.54) is 0 Å². The fourth-order valence-electron chi connectivity index (χ4n) is 0.598. The molecular weight excluding hydrogens is 132 g/mol. The molecule has 4 nitrogen and oxygen atoms in total. The van der Waals surface area contributed by atoms with Gasteiger partial charge in [-0.3, -0.25) is 4.79 Å². The van der Waals surface area contributed by atoms with Crippen molar-refractivity contribution >= 4 is 5.91 Å². The molecule has 0 saturated carbocycles. The molecule has 0 rings (SSSR count). The van der Waals surface area contributed by atoms with Crippen molar-refractivity contribution in [1.82, 2.24) is 0 Å². The van der Waals surface area contributed by atoms with Gasteiger partial charge in [-0.05, 0) is 13.8 Å². The molecule has 0 spiro atoms. The van der Waals surface area contributed by atoms with Gasteiger partial charge in [0.15, 0.2) is 0 Å². The van der Waals surface area contributed by atoms with Crippen molar-refractivity contribution < 1.29 is 9.53 Å². The molecule has 0 bridgehead atoms. The lowest BCUT2D eigenvalue weighted by Gasteiger charge is -2.15. The third kappa shape index (κ3) is 2.80. The van der Waals surface area contributed by atoms with E-state index >= 15 is 0 Å². The Balaban J connectivity index is 3.69. The minimum absolute atomic E-state index is 0.289. The van der Waals surface area contributed by atoms with Crippen LogP contribution in [0.3, 0.4) is 0 Å². The molecule has 4 heteroatoms. The summed E-state index contributed by atoms with van der Waals surface area (Å²) in [5.74, 6) is -0.527. The third-order valence-corrected chi connectivity index (χ3v) is 1.26. The minimum Gasteiger partial charge on any atom is -0.377 e. The molecule has 60 valence electrons. The predicted molar refractivity (Wildman–Crippen MR) is 38.3 cm³/mol. The monoisotopic (exact) mass is 146 g/mol. The number of rotatable bonds is 4. The molecule has 10 heavy (non-hydrogen) atoms. The van der Waals surface area contributed by atoms with Crippen LogP contribution < -0.4 is 11.5 Å². The Labute approximate surface area is 60.5 Å². The van der Waals surface area contributed by atoms with Gasteiger partial charge in [0.05, 0.1) is 6.10 Å². The molecule has 0 saturated heterocycles. The maximum atomic E-state index is 10.4. The molecule has 0 aromatic carbocycles. The van der Waals surface area contributed by atoms with Crippen molar-refractivity contribution in [3.8, 4) is 0 Å². The van der Waals surface area contributed by atoms with Crippen LogP contribution in [0.2, 0.25) is 0 Å². The molecule has 0 aromatic rings. The summed E-state index contributed by atoms with van der Waals surface area (Å²) in [7, 11) is 0. The van der Waals surface area contributed by atoms with Crippen LogP contribution in [0.1, 0.15) is 13.8 Å². The van der Waals surface area contributed by atoms with Gasteiger partial charge in [0.1, 0.15) is 6.04 Å². The zero-order valence-corrected chi connectivity index (χ0v) is 6.33. The van der Waals surface area contributed by atoms with E-state index in [2.05, 4.69) is 0 Å². The summed E-state index contributed by atoms with van der Waals surface area (Å²) in [6.07, 6.45) is -0.289. The Morgan fingerprint density at radius 3 is 2.50 bits per heavy atom. The van der Waals surface area contributed by atoms with Crippen molar-refractivity contribution in [3.05, 3.63) is 0 Å². The molecule has 4 N–H and O–H groups in total. The predicted octanol–water partition coefficient (Wildman–Crippen LogP) is -0.776. The Hall–Kier alpha value is -0.610. The largest absolute Gasteiger partial charge is 0.377 e. The number of hydrogen-bond donors (Lipinski definition) is 2. The lowest BCUT2D eigenvalue weighted by molar-refractivity contribution is -0.122. The topological polar surface area (TPSA) is 78.3 Å². The summed E-state index contributed by atoms with van der Waals surface area (Å²) < 4.78 is 5.04. The highest BCUT2D eigenvalue weighted by Gasteiger charge is 2.17. The highest BCUT2D eigenvalue weighted by molar-refractivity contribution is 5.80. The van der Waals surface area contributed by atoms with Crippen LogP contribution in [0, 0.1) is 0 Å². The molecular formula is C6H14N2O2. The van der Waals surface area contributed by atoms with Crippen molar-refractivity contribution in [2.45, 2.75) is 26.0 Å². The number of carbonyl (C=O) groups excluding carboxylic acids is 1. The first-order chi connectivity index (χ1) is 4.59. The number of hydrogen-bond acceptors (Lipinski definition) is 3. The number of amides is 1. The summed E-state index contributed by atoms with van der Waals surface area (Å²) >= 11 is 0. The quantitative estimate of drug-likeness (QED) is 0.546. The standard InChI is InChI=1S/C6H14N2O2/c1-3-10-4(2)5(7)6(8)9/h4-5H,3,7H2,1-2H3,(H2,8,9). The van der Waals surface area contributed by atoms with Crippen molar-refractivity contribution in [1.29, 1.82) is 0 Å². The van der Waals surface area contributed by atoms with E-state index in [1.54, 1.807) is 6.92 Å². The maximum Gasteiger partial charge on any atom is 0.237 e. The second kappa shape index (κ2) is 4.24. The highest BCUT2D eigenvalue weighted by atomic mass is 16.5. The van der Waals surface area contributed by atoms with Crippen LogP contribution in [0.25, 0.3) is 0 Å². The molecule has 0 heterocycles. The van der Waals surface area contributed by atoms with Crippen molar-refractivity contribution in [3.63, 3.8) is 0 Å². The van der Waals surface area contributed by atoms with Gasteiger partial charge in [-0.25, -0.2) is 0 Å². The van der Waals surface area contributed by atoms with Gasteiger partial charge >= 0.3 is 0 Å². The smallest absolute Gasteiger partial charge is 0.237 e. The lowest BCUT2D eigenvalue weighted by atomic mass is 10.2. The van der Waals surface area contributed by atoms with Gasteiger partial charge in [0.25, 0.3) is 0 Å². The summed E-state index contributed by atoms with van der Waals surface area (Å²) in [6, 6.07) is -0.694. The van der Waals surface area contributed by atoms with E-state index in [9.17, 15) is 4.79 Å². The fourth-order valence-corrected chi connectivity index (χ4v) is 0.598. The molecule has 0 aliphatic heterocycles. The van der Waals surface area contributed by atoms with Gasteiger partial charge in [-0.1, -0.05) is 0 Å². The summed E-state index contributed by atoms with van der Waals surface area (Å²) in [6.45, 7) is 4.10. The average Bonchev–Trinajstić information content (AvgIpc) is 1.87. The Morgan fingerprint density at radius 2 is 2.20 bits per heavy atom. The van der Waals surface area contributed by atoms with Crippen LogP contribution in [0.15, 0.2) is 0 Å². The molecule has 0 radical (unpaired) electrons. The normalized spacial score (nSPS) is 16.3. The van der Waals surface area contributed by atoms with Crippen molar-refractivity contribution in [2.24, 2.45) is 11.5 Å². The zero-order chi connectivity index (χ0) is 8.15. The van der Waals surface area contributed by atoms with E-state index in [-0.39, 0.29) is 6.10 Å². The van der Waals surface area contributed by atoms with Gasteiger partial charge in [-0.15, -0.1) is 0 Å². The van der Waals surface area contributed by atoms with Gasteiger partial charge in [-0.2, -0.15) is 0 Å². The molecule has 2 atom stereocenters. The summed E-state index contributed by atoms with van der Waals surface area (Å²) in [5, 5.41) is 0. The second-order valence-corrected chi connectivity index (χ2v) is 2.09. The van der Waals surface area contributed by atoms with Crippen LogP contribution in [0.5, 0.6) is 0 Å². The molecule has 0 aromatic heterocycles. The second-order valence-electron chi connectivity index (χ2n) is 2.09. The first-order valence-corrected chi connectivity index (χ1v) is 3.26. The number of nitrogens with two attached hydrogens (primary N) is 2. The van der Waals surface area contributed by atoms with E-state index in [1.807, 2.05) is 6.92 Å². The molecule has 0 fully saturated rings. The minimum atomic E-state index is -0.694. The first-order valence-electron chi connectivity index (χ1n) is 3.26. The maximum absolute atomic E-state index is 10.4. The Morgan fingerprint density at radius 1 is 1.70 bits per heavy atom. The Kier molecular flexibility index (Phi) is 3.99. The summed E-state index contributed by atoms with van der Waals surface area (Å²) in [4.78, 5) is 10.4. The fraction of sp³-hybridized carbons (Fsp3) is 0.833. The van der Waals surface area contributed by atoms with Gasteiger partial charge < -0.3 is 16.2 Å². The molecule has 0 aliphatic rings. The molecule has 2 unspecified atom stereocenters. The van der Waals surface area contributed by atoms with Crippen molar-refractivity contribution in [2.75, 3.05) is 6.61 Å². The Bertz CT molecular complexity index is 116. The first kappa shape index (κ1) is 9.39. The molecule has 1 amide bonds. The SMILES string of the molecule is CCOC(C)C(N)C(N)=O. The van der Waals surface area contributed by atoms with Crippen LogP contribution in [-0.4, -0.2) is 24.7 Å². The van der Waals surface area contributed by atoms with Crippen LogP contribution in [0.4, 0.5) is 0 Å². The number of primary amides is 1. The van der Waals surface area contributed by atoms with Crippen LogP contribution in [-0.2, 0) is 9.53 Å². The van der Waals surface area contributed by atoms with Crippen LogP contribution >= 0.6 is 0 Å². The lowest BCUT2D eigenvalue weighted by Crippen LogP contribution is -2.45. The van der Waals surface area contributed by atoms with E-state index in [4.69, 9.17) is 16.2 Å². The highest BCUT2D eigenvalue weighted by Crippen LogP contribution is 1.94. The van der Waals surface area contributed by atoms with Gasteiger partial charge in [0.2, 0.25) is 5.91 Å². The molecule has 0 aliphatic carbocycles. The van der Waals surface area contributed by atoms with E-state index < -0.39 is 11.9 Å². The zero-order valence-electron chi connectivity index (χ0n) is 6.33. The average molecular weight is 146 g/mol. The van der Waals surface area contributed by atoms with E-state index in [0.717, 1.165) is 0 Å². The number of carbonyl (C=O) groups is 1. The van der Waals surface area contributed by atoms with E-state index in [0.29, 0.717) is 6.61 Å².